The highest BCUT2D eigenvalue weighted by molar-refractivity contribution is 6.27. The molecule has 0 aromatic rings. The average molecular weight is 357 g/mol. The van der Waals surface area contributed by atoms with E-state index in [2.05, 4.69) is 20.8 Å². The van der Waals surface area contributed by atoms with Gasteiger partial charge in [0.2, 0.25) is 0 Å². The van der Waals surface area contributed by atoms with Gasteiger partial charge < -0.3 is 4.43 Å². The van der Waals surface area contributed by atoms with E-state index in [-0.39, 0.29) is 9.76 Å². The van der Waals surface area contributed by atoms with E-state index in [0.29, 0.717) is 6.10 Å². The van der Waals surface area contributed by atoms with Gasteiger partial charge in [0, 0.05) is 6.10 Å². The van der Waals surface area contributed by atoms with Gasteiger partial charge in [0.25, 0.3) is 0 Å². The van der Waals surface area contributed by atoms with Crippen LogP contribution in [0.5, 0.6) is 0 Å². The maximum Gasteiger partial charge on any atom is 0.161 e. The van der Waals surface area contributed by atoms with Crippen molar-refractivity contribution in [3.8, 4) is 0 Å². The second-order valence-corrected chi connectivity index (χ2v) is 9.09. The first kappa shape index (κ1) is 24.2. The maximum atomic E-state index is 6.08. The van der Waals surface area contributed by atoms with Crippen LogP contribution in [0.4, 0.5) is 0 Å². The zero-order chi connectivity index (χ0) is 17.7. The molecule has 1 nitrogen and oxygen atoms in total. The van der Waals surface area contributed by atoms with Gasteiger partial charge in [0.15, 0.2) is 9.76 Å². The van der Waals surface area contributed by atoms with E-state index in [4.69, 9.17) is 4.43 Å². The molecule has 1 unspecified atom stereocenters. The first-order valence-corrected chi connectivity index (χ1v) is 13.0. The van der Waals surface area contributed by atoms with Gasteiger partial charge in [-0.1, -0.05) is 117 Å². The Morgan fingerprint density at radius 1 is 0.583 bits per heavy atom. The lowest BCUT2D eigenvalue weighted by molar-refractivity contribution is 0.194. The third kappa shape index (κ3) is 18.5. The van der Waals surface area contributed by atoms with Gasteiger partial charge in [0.05, 0.1) is 0 Å². The molecule has 0 aromatic carbocycles. The number of hydrogen-bond donors (Lipinski definition) is 0. The number of unbranched alkanes of at least 4 members (excludes halogenated alkanes) is 13. The summed E-state index contributed by atoms with van der Waals surface area (Å²) in [5, 5.41) is 0. The molecule has 0 radical (unpaired) electrons. The van der Waals surface area contributed by atoms with Crippen LogP contribution in [0.1, 0.15) is 130 Å². The van der Waals surface area contributed by atoms with Gasteiger partial charge in [-0.3, -0.25) is 0 Å². The van der Waals surface area contributed by atoms with E-state index in [1.165, 1.54) is 115 Å². The van der Waals surface area contributed by atoms with Crippen molar-refractivity contribution in [2.75, 3.05) is 0 Å². The van der Waals surface area contributed by atoms with E-state index in [1.807, 2.05) is 0 Å². The third-order valence-corrected chi connectivity index (χ3v) is 6.66. The second kappa shape index (κ2) is 21.2. The summed E-state index contributed by atoms with van der Waals surface area (Å²) >= 11 is 0. The molecule has 0 aliphatic heterocycles. The molecule has 0 aromatic heterocycles. The molecule has 0 amide bonds. The zero-order valence-corrected chi connectivity index (χ0v) is 18.8. The predicted octanol–water partition coefficient (Wildman–Crippen LogP) is 7.57. The number of rotatable bonds is 20. The lowest BCUT2D eigenvalue weighted by Gasteiger charge is -2.15. The van der Waals surface area contributed by atoms with Crippen LogP contribution in [0.2, 0.25) is 6.04 Å². The quantitative estimate of drug-likeness (QED) is 0.161. The van der Waals surface area contributed by atoms with Crippen LogP contribution in [0.25, 0.3) is 0 Å². The van der Waals surface area contributed by atoms with Gasteiger partial charge >= 0.3 is 0 Å². The third-order valence-electron chi connectivity index (χ3n) is 5.17. The molecule has 0 spiro atoms. The Morgan fingerprint density at radius 3 is 1.46 bits per heavy atom. The Hall–Kier alpha value is 0.177. The fraction of sp³-hybridized carbons (Fsp3) is 1.00. The second-order valence-electron chi connectivity index (χ2n) is 7.64. The molecule has 0 aliphatic carbocycles. The van der Waals surface area contributed by atoms with Crippen molar-refractivity contribution in [3.05, 3.63) is 0 Å². The fourth-order valence-corrected chi connectivity index (χ4v) is 4.91. The van der Waals surface area contributed by atoms with Crippen LogP contribution in [-0.2, 0) is 4.43 Å². The van der Waals surface area contributed by atoms with Crippen molar-refractivity contribution in [1.82, 2.24) is 0 Å². The molecule has 0 saturated heterocycles. The minimum absolute atomic E-state index is 0.229. The Balaban J connectivity index is 3.07. The molecular weight excluding hydrogens is 308 g/mol. The van der Waals surface area contributed by atoms with Crippen molar-refractivity contribution in [2.24, 2.45) is 0 Å². The molecule has 0 aliphatic rings. The van der Waals surface area contributed by atoms with Gasteiger partial charge in [-0.25, -0.2) is 0 Å². The Labute approximate surface area is 156 Å². The molecule has 24 heavy (non-hydrogen) atoms. The first-order valence-electron chi connectivity index (χ1n) is 11.5. The summed E-state index contributed by atoms with van der Waals surface area (Å²) in [5.41, 5.74) is 0. The molecule has 0 N–H and O–H groups in total. The minimum Gasteiger partial charge on any atom is -0.421 e. The molecule has 0 fully saturated rings. The first-order chi connectivity index (χ1) is 11.8. The van der Waals surface area contributed by atoms with E-state index < -0.39 is 0 Å². The molecule has 0 saturated carbocycles. The average Bonchev–Trinajstić information content (AvgIpc) is 2.60. The van der Waals surface area contributed by atoms with Gasteiger partial charge in [-0.15, -0.1) is 0 Å². The van der Waals surface area contributed by atoms with E-state index in [0.717, 1.165) is 0 Å². The Morgan fingerprint density at radius 2 is 1.04 bits per heavy atom. The van der Waals surface area contributed by atoms with Crippen LogP contribution >= 0.6 is 0 Å². The standard InChI is InChI=1S/C22H48OSi/c1-4-7-8-9-10-11-12-13-14-15-16-17-18-19-21-24-23-22(6-3)20-5-2/h22H,4-21,24H2,1-3H3. The van der Waals surface area contributed by atoms with Gasteiger partial charge in [-0.2, -0.15) is 0 Å². The van der Waals surface area contributed by atoms with Crippen LogP contribution in [0.3, 0.4) is 0 Å². The van der Waals surface area contributed by atoms with Crippen LogP contribution in [0, 0.1) is 0 Å². The monoisotopic (exact) mass is 356 g/mol. The minimum atomic E-state index is -0.229. The van der Waals surface area contributed by atoms with Crippen molar-refractivity contribution < 1.29 is 4.43 Å². The summed E-state index contributed by atoms with van der Waals surface area (Å²) in [4.78, 5) is 0. The fourth-order valence-electron chi connectivity index (χ4n) is 3.45. The van der Waals surface area contributed by atoms with Crippen molar-refractivity contribution in [1.29, 1.82) is 0 Å². The zero-order valence-electron chi connectivity index (χ0n) is 17.4. The van der Waals surface area contributed by atoms with Gasteiger partial charge in [0.1, 0.15) is 0 Å². The topological polar surface area (TPSA) is 9.23 Å². The highest BCUT2D eigenvalue weighted by Gasteiger charge is 2.04. The van der Waals surface area contributed by atoms with E-state index in [9.17, 15) is 0 Å². The van der Waals surface area contributed by atoms with E-state index in [1.54, 1.807) is 0 Å². The largest absolute Gasteiger partial charge is 0.421 e. The highest BCUT2D eigenvalue weighted by atomic mass is 28.2. The number of hydrogen-bond acceptors (Lipinski definition) is 1. The summed E-state index contributed by atoms with van der Waals surface area (Å²) in [7, 11) is -0.229. The summed E-state index contributed by atoms with van der Waals surface area (Å²) < 4.78 is 6.08. The molecule has 0 rings (SSSR count). The highest BCUT2D eigenvalue weighted by Crippen LogP contribution is 2.13. The maximum absolute atomic E-state index is 6.08. The van der Waals surface area contributed by atoms with Gasteiger partial charge in [-0.05, 0) is 18.9 Å². The molecule has 146 valence electrons. The lowest BCUT2D eigenvalue weighted by atomic mass is 10.0. The van der Waals surface area contributed by atoms with Crippen molar-refractivity contribution >= 4 is 9.76 Å². The Bertz CT molecular complexity index is 220. The molecule has 0 bridgehead atoms. The van der Waals surface area contributed by atoms with Crippen LogP contribution < -0.4 is 0 Å². The van der Waals surface area contributed by atoms with Crippen LogP contribution in [-0.4, -0.2) is 15.9 Å². The molecule has 0 heterocycles. The summed E-state index contributed by atoms with van der Waals surface area (Å²) in [5.74, 6) is 0. The normalized spacial score (nSPS) is 13.1. The SMILES string of the molecule is CCCCCCCCCCCCCCCC[SiH2]OC(CC)CCC. The smallest absolute Gasteiger partial charge is 0.161 e. The summed E-state index contributed by atoms with van der Waals surface area (Å²) in [6, 6.07) is 1.40. The van der Waals surface area contributed by atoms with Crippen LogP contribution in [0.15, 0.2) is 0 Å². The Kier molecular flexibility index (Phi) is 21.4. The molecule has 1 atom stereocenters. The molecule has 2 heteroatoms. The summed E-state index contributed by atoms with van der Waals surface area (Å²) in [6.07, 6.45) is 24.7. The lowest BCUT2D eigenvalue weighted by Crippen LogP contribution is -2.14. The summed E-state index contributed by atoms with van der Waals surface area (Å²) in [6.45, 7) is 6.83. The van der Waals surface area contributed by atoms with E-state index >= 15 is 0 Å². The van der Waals surface area contributed by atoms with Crippen molar-refractivity contribution in [2.45, 2.75) is 142 Å². The van der Waals surface area contributed by atoms with Crippen molar-refractivity contribution in [3.63, 3.8) is 0 Å². The molecular formula is C22H48OSi. The predicted molar refractivity (Wildman–Crippen MR) is 114 cm³/mol.